The topological polar surface area (TPSA) is 17.1 Å². The van der Waals surface area contributed by atoms with Gasteiger partial charge in [-0.3, -0.25) is 4.79 Å². The van der Waals surface area contributed by atoms with Crippen molar-refractivity contribution in [3.63, 3.8) is 0 Å². The number of carbonyl (C=O) groups is 1. The minimum atomic E-state index is -0.0914. The summed E-state index contributed by atoms with van der Waals surface area (Å²) in [7, 11) is 0. The van der Waals surface area contributed by atoms with E-state index in [4.69, 9.17) is 23.2 Å². The monoisotopic (exact) mass is 366 g/mol. The lowest BCUT2D eigenvalue weighted by molar-refractivity contribution is 0.105. The Morgan fingerprint density at radius 2 is 1.56 bits per heavy atom. The minimum Gasteiger partial charge on any atom is -0.289 e. The summed E-state index contributed by atoms with van der Waals surface area (Å²) in [5.41, 5.74) is 3.83. The van der Waals surface area contributed by atoms with Crippen LogP contribution in [0.25, 0.3) is 11.6 Å². The zero-order valence-corrected chi connectivity index (χ0v) is 15.2. The van der Waals surface area contributed by atoms with Gasteiger partial charge in [-0.1, -0.05) is 65.7 Å². The molecule has 3 aromatic rings. The van der Waals surface area contributed by atoms with Crippen molar-refractivity contribution in [3.05, 3.63) is 105 Å². The van der Waals surface area contributed by atoms with Crippen molar-refractivity contribution in [1.29, 1.82) is 0 Å². The van der Waals surface area contributed by atoms with E-state index in [2.05, 4.69) is 0 Å². The van der Waals surface area contributed by atoms with E-state index in [0.29, 0.717) is 21.2 Å². The number of hydrogen-bond donors (Lipinski definition) is 0. The number of aryl methyl sites for hydroxylation is 1. The van der Waals surface area contributed by atoms with E-state index in [-0.39, 0.29) is 5.78 Å². The van der Waals surface area contributed by atoms with Crippen LogP contribution in [0, 0.1) is 6.92 Å². The average Bonchev–Trinajstić information content (AvgIpc) is 2.61. The van der Waals surface area contributed by atoms with Gasteiger partial charge >= 0.3 is 0 Å². The lowest BCUT2D eigenvalue weighted by Gasteiger charge is -2.11. The summed E-state index contributed by atoms with van der Waals surface area (Å²) in [4.78, 5) is 13.1. The maximum absolute atomic E-state index is 13.1. The summed E-state index contributed by atoms with van der Waals surface area (Å²) in [6.07, 6.45) is 1.87. The van der Waals surface area contributed by atoms with Gasteiger partial charge in [0.15, 0.2) is 5.78 Å². The predicted molar refractivity (Wildman–Crippen MR) is 106 cm³/mol. The summed E-state index contributed by atoms with van der Waals surface area (Å²) >= 11 is 12.4. The summed E-state index contributed by atoms with van der Waals surface area (Å²) in [5, 5.41) is 1.16. The van der Waals surface area contributed by atoms with Gasteiger partial charge in [0.25, 0.3) is 0 Å². The van der Waals surface area contributed by atoms with Gasteiger partial charge in [0.05, 0.1) is 0 Å². The van der Waals surface area contributed by atoms with Crippen LogP contribution in [0.3, 0.4) is 0 Å². The molecule has 25 heavy (non-hydrogen) atoms. The highest BCUT2D eigenvalue weighted by Crippen LogP contribution is 2.30. The first-order chi connectivity index (χ1) is 12.0. The molecule has 124 valence electrons. The Morgan fingerprint density at radius 3 is 2.20 bits per heavy atom. The van der Waals surface area contributed by atoms with Gasteiger partial charge in [-0.15, -0.1) is 0 Å². The smallest absolute Gasteiger partial charge is 0.193 e. The van der Waals surface area contributed by atoms with E-state index >= 15 is 0 Å². The van der Waals surface area contributed by atoms with Crippen molar-refractivity contribution < 1.29 is 4.79 Å². The molecule has 0 radical (unpaired) electrons. The molecule has 3 heteroatoms. The van der Waals surface area contributed by atoms with Crippen LogP contribution >= 0.6 is 23.2 Å². The van der Waals surface area contributed by atoms with Crippen LogP contribution in [-0.2, 0) is 0 Å². The van der Waals surface area contributed by atoms with Crippen molar-refractivity contribution in [2.45, 2.75) is 6.92 Å². The predicted octanol–water partition coefficient (Wildman–Crippen LogP) is 6.73. The van der Waals surface area contributed by atoms with Gasteiger partial charge in [-0.05, 0) is 54.5 Å². The lowest BCUT2D eigenvalue weighted by atomic mass is 9.94. The molecule has 3 aromatic carbocycles. The highest BCUT2D eigenvalue weighted by Gasteiger charge is 2.17. The Morgan fingerprint density at radius 1 is 0.880 bits per heavy atom. The molecule has 0 N–H and O–H groups in total. The largest absolute Gasteiger partial charge is 0.289 e. The zero-order chi connectivity index (χ0) is 17.8. The fourth-order valence-corrected chi connectivity index (χ4v) is 3.04. The van der Waals surface area contributed by atoms with Crippen molar-refractivity contribution in [1.82, 2.24) is 0 Å². The first-order valence-electron chi connectivity index (χ1n) is 7.88. The number of carbonyl (C=O) groups excluding carboxylic acids is 1. The van der Waals surface area contributed by atoms with Crippen LogP contribution in [0.15, 0.2) is 72.8 Å². The number of halogens is 2. The van der Waals surface area contributed by atoms with Crippen LogP contribution < -0.4 is 0 Å². The third-order valence-electron chi connectivity index (χ3n) is 3.88. The number of ketones is 1. The molecule has 0 spiro atoms. The molecule has 0 heterocycles. The summed E-state index contributed by atoms with van der Waals surface area (Å²) in [5.74, 6) is -0.0914. The molecule has 0 saturated heterocycles. The second-order valence-electron chi connectivity index (χ2n) is 5.79. The zero-order valence-electron chi connectivity index (χ0n) is 13.7. The number of rotatable bonds is 4. The molecule has 0 aliphatic carbocycles. The Labute approximate surface area is 157 Å². The quantitative estimate of drug-likeness (QED) is 0.284. The van der Waals surface area contributed by atoms with Crippen molar-refractivity contribution in [2.24, 2.45) is 0 Å². The fourth-order valence-electron chi connectivity index (χ4n) is 2.58. The number of Topliss-reactive ketones (excluding diaryl/α,β-unsaturated/α-hetero) is 1. The van der Waals surface area contributed by atoms with Gasteiger partial charge in [-0.25, -0.2) is 0 Å². The summed E-state index contributed by atoms with van der Waals surface area (Å²) < 4.78 is 0. The number of allylic oxidation sites excluding steroid dienone is 1. The highest BCUT2D eigenvalue weighted by molar-refractivity contribution is 6.39. The molecule has 0 amide bonds. The van der Waals surface area contributed by atoms with E-state index in [0.717, 1.165) is 16.7 Å². The van der Waals surface area contributed by atoms with E-state index < -0.39 is 0 Å². The Balaban J connectivity index is 2.13. The molecule has 0 aliphatic heterocycles. The maximum atomic E-state index is 13.1. The van der Waals surface area contributed by atoms with E-state index in [1.807, 2.05) is 61.5 Å². The summed E-state index contributed by atoms with van der Waals surface area (Å²) in [6, 6.07) is 22.3. The molecule has 0 atom stereocenters. The normalized spacial score (nSPS) is 11.4. The standard InChI is InChI=1S/C22H16Cl2O/c1-15-7-12-19(21(24)13-15)20(14-16-5-3-2-4-6-16)22(25)17-8-10-18(23)11-9-17/h2-14H,1H3. The van der Waals surface area contributed by atoms with Gasteiger partial charge in [0.1, 0.15) is 0 Å². The average molecular weight is 367 g/mol. The third-order valence-corrected chi connectivity index (χ3v) is 4.44. The Hall–Kier alpha value is -2.35. The molecular formula is C22H16Cl2O. The molecular weight excluding hydrogens is 351 g/mol. The van der Waals surface area contributed by atoms with Crippen LogP contribution in [0.2, 0.25) is 10.0 Å². The number of benzene rings is 3. The van der Waals surface area contributed by atoms with Gasteiger partial charge in [0, 0.05) is 26.7 Å². The van der Waals surface area contributed by atoms with Crippen LogP contribution in [0.4, 0.5) is 0 Å². The first-order valence-corrected chi connectivity index (χ1v) is 8.64. The van der Waals surface area contributed by atoms with Crippen LogP contribution in [0.5, 0.6) is 0 Å². The van der Waals surface area contributed by atoms with Crippen LogP contribution in [-0.4, -0.2) is 5.78 Å². The third kappa shape index (κ3) is 4.19. The molecule has 0 fully saturated rings. The second-order valence-corrected chi connectivity index (χ2v) is 6.63. The van der Waals surface area contributed by atoms with Crippen LogP contribution in [0.1, 0.15) is 27.0 Å². The van der Waals surface area contributed by atoms with Gasteiger partial charge in [0.2, 0.25) is 0 Å². The Kier molecular flexibility index (Phi) is 5.37. The van der Waals surface area contributed by atoms with Crippen molar-refractivity contribution >= 4 is 40.6 Å². The van der Waals surface area contributed by atoms with Crippen molar-refractivity contribution in [3.8, 4) is 0 Å². The molecule has 0 saturated carbocycles. The highest BCUT2D eigenvalue weighted by atomic mass is 35.5. The molecule has 0 aromatic heterocycles. The fraction of sp³-hybridized carbons (Fsp3) is 0.0455. The molecule has 0 aliphatic rings. The lowest BCUT2D eigenvalue weighted by Crippen LogP contribution is -2.03. The minimum absolute atomic E-state index is 0.0914. The van der Waals surface area contributed by atoms with Crippen molar-refractivity contribution in [2.75, 3.05) is 0 Å². The maximum Gasteiger partial charge on any atom is 0.193 e. The second kappa shape index (κ2) is 7.69. The molecule has 0 bridgehead atoms. The van der Waals surface area contributed by atoms with E-state index in [1.165, 1.54) is 0 Å². The van der Waals surface area contributed by atoms with E-state index in [9.17, 15) is 4.79 Å². The van der Waals surface area contributed by atoms with E-state index in [1.54, 1.807) is 24.3 Å². The SMILES string of the molecule is Cc1ccc(C(=Cc2ccccc2)C(=O)c2ccc(Cl)cc2)c(Cl)c1. The number of hydrogen-bond acceptors (Lipinski definition) is 1. The van der Waals surface area contributed by atoms with Gasteiger partial charge < -0.3 is 0 Å². The molecule has 1 nitrogen and oxygen atoms in total. The molecule has 0 unspecified atom stereocenters. The molecule has 3 rings (SSSR count). The van der Waals surface area contributed by atoms with Gasteiger partial charge in [-0.2, -0.15) is 0 Å². The Bertz CT molecular complexity index is 926. The first kappa shape index (κ1) is 17.5. The summed E-state index contributed by atoms with van der Waals surface area (Å²) in [6.45, 7) is 1.97.